The van der Waals surface area contributed by atoms with Gasteiger partial charge in [-0.25, -0.2) is 8.78 Å². The van der Waals surface area contributed by atoms with Crippen LogP contribution in [0.15, 0.2) is 30.5 Å². The van der Waals surface area contributed by atoms with E-state index in [2.05, 4.69) is 10.4 Å². The van der Waals surface area contributed by atoms with Crippen LogP contribution in [0.1, 0.15) is 11.3 Å². The molecule has 0 atom stereocenters. The maximum absolute atomic E-state index is 13.5. The van der Waals surface area contributed by atoms with Gasteiger partial charge in [-0.3, -0.25) is 4.68 Å². The summed E-state index contributed by atoms with van der Waals surface area (Å²) >= 11 is 0. The third-order valence-corrected chi connectivity index (χ3v) is 2.87. The Bertz CT molecular complexity index is 537. The van der Waals surface area contributed by atoms with E-state index in [1.165, 1.54) is 22.9 Å². The Morgan fingerprint density at radius 3 is 2.70 bits per heavy atom. The van der Waals surface area contributed by atoms with Crippen molar-refractivity contribution in [3.8, 4) is 0 Å². The molecule has 1 aromatic heterocycles. The molecule has 4 nitrogen and oxygen atoms in total. The van der Waals surface area contributed by atoms with E-state index in [1.54, 1.807) is 13.3 Å². The van der Waals surface area contributed by atoms with Crippen molar-refractivity contribution < 1.29 is 13.5 Å². The summed E-state index contributed by atoms with van der Waals surface area (Å²) in [5.74, 6) is -1.11. The van der Waals surface area contributed by atoms with Gasteiger partial charge in [-0.15, -0.1) is 0 Å². The molecule has 0 fully saturated rings. The fourth-order valence-electron chi connectivity index (χ4n) is 1.82. The normalized spacial score (nSPS) is 10.9. The number of halogens is 2. The van der Waals surface area contributed by atoms with Crippen LogP contribution < -0.4 is 5.32 Å². The van der Waals surface area contributed by atoms with Gasteiger partial charge in [-0.1, -0.05) is 6.07 Å². The Hall–Kier alpha value is -1.79. The summed E-state index contributed by atoms with van der Waals surface area (Å²) in [6.45, 7) is 2.03. The molecule has 0 radical (unpaired) electrons. The summed E-state index contributed by atoms with van der Waals surface area (Å²) in [6, 6.07) is 5.66. The minimum Gasteiger partial charge on any atom is -0.383 e. The quantitative estimate of drug-likeness (QED) is 0.788. The Morgan fingerprint density at radius 2 is 2.00 bits per heavy atom. The number of aromatic nitrogens is 2. The molecule has 2 rings (SSSR count). The highest BCUT2D eigenvalue weighted by molar-refractivity contribution is 5.20. The lowest BCUT2D eigenvalue weighted by atomic mass is 10.2. The zero-order valence-electron chi connectivity index (χ0n) is 11.3. The second-order valence-corrected chi connectivity index (χ2v) is 4.37. The third kappa shape index (κ3) is 3.85. The Balaban J connectivity index is 1.96. The van der Waals surface area contributed by atoms with E-state index in [0.717, 1.165) is 12.2 Å². The number of hydrogen-bond donors (Lipinski definition) is 1. The highest BCUT2D eigenvalue weighted by atomic mass is 19.1. The lowest BCUT2D eigenvalue weighted by Gasteiger charge is -2.05. The lowest BCUT2D eigenvalue weighted by molar-refractivity contribution is 0.199. The first-order valence-electron chi connectivity index (χ1n) is 6.35. The summed E-state index contributed by atoms with van der Waals surface area (Å²) in [6.07, 6.45) is 1.71. The number of nitrogens with one attached hydrogen (secondary N) is 1. The van der Waals surface area contributed by atoms with Crippen LogP contribution in [-0.4, -0.2) is 30.0 Å². The fraction of sp³-hybridized carbons (Fsp3) is 0.357. The Morgan fingerprint density at radius 1 is 1.25 bits per heavy atom. The van der Waals surface area contributed by atoms with Crippen molar-refractivity contribution in [2.24, 2.45) is 0 Å². The van der Waals surface area contributed by atoms with Crippen molar-refractivity contribution in [2.75, 3.05) is 20.3 Å². The molecule has 1 aromatic carbocycles. The van der Waals surface area contributed by atoms with Crippen LogP contribution in [0.2, 0.25) is 0 Å². The maximum Gasteiger partial charge on any atom is 0.131 e. The SMILES string of the molecule is COCCNCc1ccn(Cc2c(F)cccc2F)n1. The molecular weight excluding hydrogens is 264 g/mol. The Kier molecular flexibility index (Phi) is 5.20. The van der Waals surface area contributed by atoms with Crippen LogP contribution >= 0.6 is 0 Å². The molecule has 0 amide bonds. The molecule has 0 aliphatic rings. The van der Waals surface area contributed by atoms with E-state index >= 15 is 0 Å². The first kappa shape index (κ1) is 14.6. The van der Waals surface area contributed by atoms with Crippen LogP contribution in [0.5, 0.6) is 0 Å². The molecule has 0 saturated carbocycles. The molecular formula is C14H17F2N3O. The zero-order valence-corrected chi connectivity index (χ0v) is 11.3. The molecule has 0 aliphatic carbocycles. The van der Waals surface area contributed by atoms with Crippen LogP contribution in [0.3, 0.4) is 0 Å². The van der Waals surface area contributed by atoms with Crippen molar-refractivity contribution in [1.82, 2.24) is 15.1 Å². The molecule has 0 spiro atoms. The number of methoxy groups -OCH3 is 1. The molecule has 6 heteroatoms. The van der Waals surface area contributed by atoms with E-state index in [-0.39, 0.29) is 12.1 Å². The first-order valence-corrected chi connectivity index (χ1v) is 6.35. The number of ether oxygens (including phenoxy) is 1. The predicted molar refractivity (Wildman–Crippen MR) is 71.3 cm³/mol. The zero-order chi connectivity index (χ0) is 14.4. The van der Waals surface area contributed by atoms with Crippen LogP contribution in [0.25, 0.3) is 0 Å². The number of hydrogen-bond acceptors (Lipinski definition) is 3. The van der Waals surface area contributed by atoms with Gasteiger partial charge in [0, 0.05) is 32.0 Å². The Labute approximate surface area is 116 Å². The second kappa shape index (κ2) is 7.12. The van der Waals surface area contributed by atoms with Gasteiger partial charge in [0.25, 0.3) is 0 Å². The number of nitrogens with zero attached hydrogens (tertiary/aromatic N) is 2. The molecule has 0 aliphatic heterocycles. The monoisotopic (exact) mass is 281 g/mol. The van der Waals surface area contributed by atoms with Gasteiger partial charge in [0.2, 0.25) is 0 Å². The van der Waals surface area contributed by atoms with Crippen molar-refractivity contribution in [1.29, 1.82) is 0 Å². The van der Waals surface area contributed by atoms with Gasteiger partial charge in [-0.05, 0) is 18.2 Å². The van der Waals surface area contributed by atoms with Crippen LogP contribution in [0, 0.1) is 11.6 Å². The average molecular weight is 281 g/mol. The summed E-state index contributed by atoms with van der Waals surface area (Å²) in [5, 5.41) is 7.42. The number of rotatable bonds is 7. The highest BCUT2D eigenvalue weighted by Gasteiger charge is 2.09. The van der Waals surface area contributed by atoms with E-state index in [1.807, 2.05) is 6.07 Å². The first-order chi connectivity index (χ1) is 9.70. The van der Waals surface area contributed by atoms with Gasteiger partial charge < -0.3 is 10.1 Å². The highest BCUT2D eigenvalue weighted by Crippen LogP contribution is 2.13. The van der Waals surface area contributed by atoms with Crippen molar-refractivity contribution in [3.05, 3.63) is 53.4 Å². The summed E-state index contributed by atoms with van der Waals surface area (Å²) < 4.78 is 33.5. The van der Waals surface area contributed by atoms with Crippen LogP contribution in [-0.2, 0) is 17.8 Å². The predicted octanol–water partition coefficient (Wildman–Crippen LogP) is 1.95. The van der Waals surface area contributed by atoms with Crippen molar-refractivity contribution in [2.45, 2.75) is 13.1 Å². The largest absolute Gasteiger partial charge is 0.383 e. The van der Waals surface area contributed by atoms with Crippen LogP contribution in [0.4, 0.5) is 8.78 Å². The summed E-state index contributed by atoms with van der Waals surface area (Å²) in [5.41, 5.74) is 0.840. The maximum atomic E-state index is 13.5. The second-order valence-electron chi connectivity index (χ2n) is 4.37. The lowest BCUT2D eigenvalue weighted by Crippen LogP contribution is -2.19. The van der Waals surface area contributed by atoms with Crippen molar-refractivity contribution >= 4 is 0 Å². The van der Waals surface area contributed by atoms with Gasteiger partial charge in [0.1, 0.15) is 11.6 Å². The molecule has 20 heavy (non-hydrogen) atoms. The molecule has 1 heterocycles. The topological polar surface area (TPSA) is 39.1 Å². The molecule has 2 aromatic rings. The van der Waals surface area contributed by atoms with E-state index in [4.69, 9.17) is 4.74 Å². The van der Waals surface area contributed by atoms with Gasteiger partial charge in [0.15, 0.2) is 0 Å². The molecule has 0 unspecified atom stereocenters. The minimum atomic E-state index is -0.555. The fourth-order valence-corrected chi connectivity index (χ4v) is 1.82. The summed E-state index contributed by atoms with van der Waals surface area (Å²) in [7, 11) is 1.64. The molecule has 1 N–H and O–H groups in total. The average Bonchev–Trinajstić information content (AvgIpc) is 2.87. The van der Waals surface area contributed by atoms with Crippen molar-refractivity contribution in [3.63, 3.8) is 0 Å². The summed E-state index contributed by atoms with van der Waals surface area (Å²) in [4.78, 5) is 0. The van der Waals surface area contributed by atoms with E-state index in [9.17, 15) is 8.78 Å². The van der Waals surface area contributed by atoms with Gasteiger partial charge in [0.05, 0.1) is 18.8 Å². The third-order valence-electron chi connectivity index (χ3n) is 2.87. The number of benzene rings is 1. The molecule has 0 saturated heterocycles. The van der Waals surface area contributed by atoms with E-state index < -0.39 is 11.6 Å². The molecule has 108 valence electrons. The van der Waals surface area contributed by atoms with Gasteiger partial charge in [-0.2, -0.15) is 5.10 Å². The standard InChI is InChI=1S/C14H17F2N3O/c1-20-8-6-17-9-11-5-7-19(18-11)10-12-13(15)3-2-4-14(12)16/h2-5,7,17H,6,8-10H2,1H3. The smallest absolute Gasteiger partial charge is 0.131 e. The minimum absolute atomic E-state index is 0.0227. The van der Waals surface area contributed by atoms with E-state index in [0.29, 0.717) is 13.2 Å². The molecule has 0 bridgehead atoms. The van der Waals surface area contributed by atoms with Gasteiger partial charge >= 0.3 is 0 Å².